The molecule has 2 unspecified atom stereocenters. The van der Waals surface area contributed by atoms with E-state index in [9.17, 15) is 4.21 Å². The monoisotopic (exact) mass is 281 g/mol. The van der Waals surface area contributed by atoms with Crippen molar-refractivity contribution in [1.82, 2.24) is 9.97 Å². The van der Waals surface area contributed by atoms with Gasteiger partial charge in [-0.3, -0.25) is 4.21 Å². The average molecular weight is 282 g/mol. The Hall–Kier alpha value is -0.390. The van der Waals surface area contributed by atoms with Crippen molar-refractivity contribution in [2.75, 3.05) is 18.1 Å². The van der Waals surface area contributed by atoms with Crippen molar-refractivity contribution in [2.24, 2.45) is 0 Å². The average Bonchev–Trinajstić information content (AvgIpc) is 2.22. The lowest BCUT2D eigenvalue weighted by atomic mass is 10.3. The first-order valence-electron chi connectivity index (χ1n) is 4.75. The number of hydrogen-bond donors (Lipinski definition) is 1. The van der Waals surface area contributed by atoms with Crippen LogP contribution in [-0.4, -0.2) is 32.2 Å². The maximum absolute atomic E-state index is 11.1. The largest absolute Gasteiger partial charge is 0.369 e. The smallest absolute Gasteiger partial charge is 0.224 e. The molecule has 2 atom stereocenters. The first-order valence-corrected chi connectivity index (χ1v) is 7.12. The van der Waals surface area contributed by atoms with Crippen LogP contribution in [0.4, 0.5) is 5.82 Å². The summed E-state index contributed by atoms with van der Waals surface area (Å²) in [7, 11) is -0.810. The summed E-state index contributed by atoms with van der Waals surface area (Å²) in [5, 5.41) is 3.76. The van der Waals surface area contributed by atoms with E-state index in [-0.39, 0.29) is 10.5 Å². The summed E-state index contributed by atoms with van der Waals surface area (Å²) in [5.41, 5.74) is 0. The van der Waals surface area contributed by atoms with Gasteiger partial charge in [0.15, 0.2) is 0 Å². The zero-order chi connectivity index (χ0) is 12.1. The fourth-order valence-corrected chi connectivity index (χ4v) is 1.77. The van der Waals surface area contributed by atoms with Gasteiger partial charge in [0.2, 0.25) is 5.28 Å². The van der Waals surface area contributed by atoms with Gasteiger partial charge < -0.3 is 5.32 Å². The van der Waals surface area contributed by atoms with Crippen LogP contribution in [0.1, 0.15) is 13.3 Å². The highest BCUT2D eigenvalue weighted by atomic mass is 35.5. The molecule has 0 radical (unpaired) electrons. The molecule has 1 N–H and O–H groups in total. The molecule has 0 spiro atoms. The summed E-state index contributed by atoms with van der Waals surface area (Å²) in [6.07, 6.45) is 3.92. The zero-order valence-electron chi connectivity index (χ0n) is 9.04. The summed E-state index contributed by atoms with van der Waals surface area (Å²) in [5.74, 6) is 0.510. The van der Waals surface area contributed by atoms with Crippen molar-refractivity contribution >= 4 is 39.8 Å². The van der Waals surface area contributed by atoms with Gasteiger partial charge in [0.1, 0.15) is 10.8 Å². The van der Waals surface area contributed by atoms with E-state index in [1.807, 2.05) is 6.92 Å². The standard InChI is InChI=1S/C9H13Cl2N3OS/c1-6(16(2)15)3-4-12-8-7(10)5-13-9(11)14-8/h5-6H,3-4H2,1-2H3,(H,12,13,14). The third-order valence-electron chi connectivity index (χ3n) is 2.12. The van der Waals surface area contributed by atoms with Crippen LogP contribution in [-0.2, 0) is 10.8 Å². The van der Waals surface area contributed by atoms with Crippen LogP contribution in [0.3, 0.4) is 0 Å². The number of rotatable bonds is 5. The highest BCUT2D eigenvalue weighted by molar-refractivity contribution is 7.84. The maximum atomic E-state index is 11.1. The molecule has 1 heterocycles. The van der Waals surface area contributed by atoms with Gasteiger partial charge >= 0.3 is 0 Å². The van der Waals surface area contributed by atoms with Crippen LogP contribution in [0.2, 0.25) is 10.3 Å². The summed E-state index contributed by atoms with van der Waals surface area (Å²) in [4.78, 5) is 7.69. The molecule has 16 heavy (non-hydrogen) atoms. The predicted octanol–water partition coefficient (Wildman–Crippen LogP) is 2.35. The molecule has 0 saturated carbocycles. The molecule has 1 aromatic heterocycles. The third kappa shape index (κ3) is 4.23. The van der Waals surface area contributed by atoms with Crippen molar-refractivity contribution in [1.29, 1.82) is 0 Å². The van der Waals surface area contributed by atoms with Gasteiger partial charge in [0.05, 0.1) is 6.20 Å². The second-order valence-corrected chi connectivity index (χ2v) is 5.91. The first-order chi connectivity index (χ1) is 7.50. The van der Waals surface area contributed by atoms with Crippen LogP contribution in [0.5, 0.6) is 0 Å². The molecule has 4 nitrogen and oxygen atoms in total. The topological polar surface area (TPSA) is 54.9 Å². The molecule has 0 aliphatic carbocycles. The summed E-state index contributed by atoms with van der Waals surface area (Å²) < 4.78 is 11.1. The molecule has 0 bridgehead atoms. The van der Waals surface area contributed by atoms with E-state index in [0.29, 0.717) is 17.4 Å². The second kappa shape index (κ2) is 6.37. The predicted molar refractivity (Wildman–Crippen MR) is 68.7 cm³/mol. The number of nitrogens with one attached hydrogen (secondary N) is 1. The number of aromatic nitrogens is 2. The lowest BCUT2D eigenvalue weighted by molar-refractivity contribution is 0.672. The third-order valence-corrected chi connectivity index (χ3v) is 3.95. The van der Waals surface area contributed by atoms with Crippen LogP contribution in [0, 0.1) is 0 Å². The van der Waals surface area contributed by atoms with Gasteiger partial charge in [-0.1, -0.05) is 18.5 Å². The minimum atomic E-state index is -0.810. The van der Waals surface area contributed by atoms with Crippen molar-refractivity contribution in [3.63, 3.8) is 0 Å². The Balaban J connectivity index is 2.48. The second-order valence-electron chi connectivity index (χ2n) is 3.36. The van der Waals surface area contributed by atoms with E-state index in [1.165, 1.54) is 6.20 Å². The zero-order valence-corrected chi connectivity index (χ0v) is 11.4. The molecule has 0 aromatic carbocycles. The highest BCUT2D eigenvalue weighted by Crippen LogP contribution is 2.19. The fraction of sp³-hybridized carbons (Fsp3) is 0.556. The van der Waals surface area contributed by atoms with Crippen molar-refractivity contribution in [2.45, 2.75) is 18.6 Å². The van der Waals surface area contributed by atoms with E-state index in [2.05, 4.69) is 15.3 Å². The highest BCUT2D eigenvalue weighted by Gasteiger charge is 2.07. The van der Waals surface area contributed by atoms with Crippen LogP contribution in [0.25, 0.3) is 0 Å². The molecule has 1 rings (SSSR count). The van der Waals surface area contributed by atoms with Gasteiger partial charge in [0, 0.05) is 28.9 Å². The van der Waals surface area contributed by atoms with Crippen LogP contribution < -0.4 is 5.32 Å². The van der Waals surface area contributed by atoms with Gasteiger partial charge in [0.25, 0.3) is 0 Å². The van der Waals surface area contributed by atoms with Gasteiger partial charge in [-0.15, -0.1) is 0 Å². The molecular formula is C9H13Cl2N3OS. The first kappa shape index (κ1) is 13.7. The van der Waals surface area contributed by atoms with Crippen LogP contribution in [0.15, 0.2) is 6.20 Å². The number of anilines is 1. The minimum absolute atomic E-state index is 0.142. The molecule has 0 aliphatic heterocycles. The SMILES string of the molecule is CC(CCNc1nc(Cl)ncc1Cl)S(C)=O. The van der Waals surface area contributed by atoms with E-state index in [1.54, 1.807) is 6.26 Å². The van der Waals surface area contributed by atoms with Crippen molar-refractivity contribution in [3.8, 4) is 0 Å². The number of hydrogen-bond acceptors (Lipinski definition) is 4. The maximum Gasteiger partial charge on any atom is 0.224 e. The Kier molecular flexibility index (Phi) is 5.44. The van der Waals surface area contributed by atoms with E-state index >= 15 is 0 Å². The van der Waals surface area contributed by atoms with Crippen molar-refractivity contribution in [3.05, 3.63) is 16.5 Å². The Morgan fingerprint density at radius 3 is 2.88 bits per heavy atom. The Labute approximate surface area is 107 Å². The summed E-state index contributed by atoms with van der Waals surface area (Å²) in [6, 6.07) is 0. The lowest BCUT2D eigenvalue weighted by Crippen LogP contribution is -2.15. The quantitative estimate of drug-likeness (QED) is 0.842. The number of halogens is 2. The lowest BCUT2D eigenvalue weighted by Gasteiger charge is -2.10. The normalized spacial score (nSPS) is 14.5. The molecule has 1 aromatic rings. The van der Waals surface area contributed by atoms with E-state index < -0.39 is 10.8 Å². The van der Waals surface area contributed by atoms with Crippen LogP contribution >= 0.6 is 23.2 Å². The van der Waals surface area contributed by atoms with E-state index in [0.717, 1.165) is 6.42 Å². The van der Waals surface area contributed by atoms with Crippen molar-refractivity contribution < 1.29 is 4.21 Å². The molecule has 0 aliphatic rings. The summed E-state index contributed by atoms with van der Waals surface area (Å²) in [6.45, 7) is 2.58. The molecule has 0 saturated heterocycles. The summed E-state index contributed by atoms with van der Waals surface area (Å²) >= 11 is 11.5. The number of nitrogens with zero attached hydrogens (tertiary/aromatic N) is 2. The molecule has 7 heteroatoms. The van der Waals surface area contributed by atoms with Gasteiger partial charge in [-0.05, 0) is 18.0 Å². The molecule has 0 fully saturated rings. The Bertz CT molecular complexity index is 389. The molecule has 90 valence electrons. The Morgan fingerprint density at radius 1 is 1.56 bits per heavy atom. The van der Waals surface area contributed by atoms with Gasteiger partial charge in [-0.25, -0.2) is 4.98 Å². The molecular weight excluding hydrogens is 269 g/mol. The van der Waals surface area contributed by atoms with E-state index in [4.69, 9.17) is 23.2 Å². The van der Waals surface area contributed by atoms with Gasteiger partial charge in [-0.2, -0.15) is 4.98 Å². The molecule has 0 amide bonds. The Morgan fingerprint density at radius 2 is 2.25 bits per heavy atom. The fourth-order valence-electron chi connectivity index (χ4n) is 1.03. The minimum Gasteiger partial charge on any atom is -0.369 e.